The van der Waals surface area contributed by atoms with E-state index in [9.17, 15) is 9.18 Å². The highest BCUT2D eigenvalue weighted by Gasteiger charge is 2.27. The number of carbonyl (C=O) groups excluding carboxylic acids is 1. The molecule has 5 heteroatoms. The van der Waals surface area contributed by atoms with E-state index in [1.54, 1.807) is 17.0 Å². The summed E-state index contributed by atoms with van der Waals surface area (Å²) in [7, 11) is 0. The molecular formula is C16H24FN3O. The van der Waals surface area contributed by atoms with E-state index in [4.69, 9.17) is 5.73 Å². The predicted molar refractivity (Wildman–Crippen MR) is 82.6 cm³/mol. The van der Waals surface area contributed by atoms with Crippen molar-refractivity contribution in [3.05, 3.63) is 30.1 Å². The normalized spacial score (nSPS) is 20.5. The summed E-state index contributed by atoms with van der Waals surface area (Å²) < 4.78 is 13.0. The number of nitrogens with two attached hydrogens (primary N) is 1. The topological polar surface area (TPSA) is 49.6 Å². The molecule has 1 saturated heterocycles. The molecule has 1 aliphatic rings. The van der Waals surface area contributed by atoms with Gasteiger partial charge in [-0.25, -0.2) is 4.39 Å². The van der Waals surface area contributed by atoms with Crippen molar-refractivity contribution in [3.63, 3.8) is 0 Å². The van der Waals surface area contributed by atoms with Crippen molar-refractivity contribution in [2.75, 3.05) is 31.1 Å². The Morgan fingerprint density at radius 3 is 2.67 bits per heavy atom. The zero-order chi connectivity index (χ0) is 15.4. The number of halogens is 1. The van der Waals surface area contributed by atoms with E-state index in [1.807, 2.05) is 13.8 Å². The third-order valence-electron chi connectivity index (χ3n) is 4.17. The Labute approximate surface area is 125 Å². The number of nitrogens with zero attached hydrogens (tertiary/aromatic N) is 2. The Bertz CT molecular complexity index is 475. The minimum Gasteiger partial charge on any atom is -0.328 e. The zero-order valence-corrected chi connectivity index (χ0v) is 12.8. The molecule has 0 saturated carbocycles. The van der Waals surface area contributed by atoms with Crippen LogP contribution >= 0.6 is 0 Å². The van der Waals surface area contributed by atoms with E-state index >= 15 is 0 Å². The molecule has 2 rings (SSSR count). The Hall–Kier alpha value is -1.46. The van der Waals surface area contributed by atoms with Crippen LogP contribution in [-0.2, 0) is 4.79 Å². The maximum atomic E-state index is 13.0. The van der Waals surface area contributed by atoms with Gasteiger partial charge in [-0.1, -0.05) is 0 Å². The van der Waals surface area contributed by atoms with Gasteiger partial charge in [0, 0.05) is 24.8 Å². The first-order chi connectivity index (χ1) is 10.0. The fraction of sp³-hybridized carbons (Fsp3) is 0.562. The third kappa shape index (κ3) is 4.02. The van der Waals surface area contributed by atoms with Gasteiger partial charge in [0.05, 0.1) is 6.54 Å². The standard InChI is InChI=1S/C16H24FN3O/c1-3-20(15-6-4-14(17)5-7-15)16(21)11-19-9-8-13(10-19)12(2)18/h4-7,12-13H,3,8-11,18H2,1-2H3. The van der Waals surface area contributed by atoms with E-state index in [0.29, 0.717) is 19.0 Å². The lowest BCUT2D eigenvalue weighted by atomic mass is 10.0. The molecule has 0 aliphatic carbocycles. The highest BCUT2D eigenvalue weighted by molar-refractivity contribution is 5.94. The second-order valence-electron chi connectivity index (χ2n) is 5.76. The molecule has 1 aromatic carbocycles. The molecule has 2 unspecified atom stereocenters. The van der Waals surface area contributed by atoms with Gasteiger partial charge in [0.1, 0.15) is 5.82 Å². The number of hydrogen-bond donors (Lipinski definition) is 1. The van der Waals surface area contributed by atoms with Crippen LogP contribution in [-0.4, -0.2) is 43.0 Å². The minimum atomic E-state index is -0.290. The van der Waals surface area contributed by atoms with Gasteiger partial charge in [-0.15, -0.1) is 0 Å². The molecule has 0 aromatic heterocycles. The van der Waals surface area contributed by atoms with Gasteiger partial charge in [0.15, 0.2) is 0 Å². The summed E-state index contributed by atoms with van der Waals surface area (Å²) in [5.74, 6) is 0.231. The van der Waals surface area contributed by atoms with E-state index < -0.39 is 0 Å². The lowest BCUT2D eigenvalue weighted by Crippen LogP contribution is -2.40. The smallest absolute Gasteiger partial charge is 0.241 e. The molecule has 0 spiro atoms. The number of likely N-dealkylation sites (N-methyl/N-ethyl adjacent to an activating group) is 1. The van der Waals surface area contributed by atoms with Crippen LogP contribution in [0.2, 0.25) is 0 Å². The van der Waals surface area contributed by atoms with Gasteiger partial charge in [-0.05, 0) is 57.0 Å². The summed E-state index contributed by atoms with van der Waals surface area (Å²) in [6, 6.07) is 6.22. The molecule has 2 N–H and O–H groups in total. The van der Waals surface area contributed by atoms with E-state index in [2.05, 4.69) is 4.90 Å². The minimum absolute atomic E-state index is 0.0504. The Morgan fingerprint density at radius 1 is 1.48 bits per heavy atom. The first-order valence-corrected chi connectivity index (χ1v) is 7.55. The number of likely N-dealkylation sites (tertiary alicyclic amines) is 1. The van der Waals surface area contributed by atoms with Crippen LogP contribution in [0.15, 0.2) is 24.3 Å². The van der Waals surface area contributed by atoms with Gasteiger partial charge in [0.25, 0.3) is 0 Å². The third-order valence-corrected chi connectivity index (χ3v) is 4.17. The molecule has 116 valence electrons. The molecule has 1 aromatic rings. The average Bonchev–Trinajstić information content (AvgIpc) is 2.90. The van der Waals surface area contributed by atoms with Crippen LogP contribution < -0.4 is 10.6 Å². The van der Waals surface area contributed by atoms with Crippen LogP contribution in [0.5, 0.6) is 0 Å². The van der Waals surface area contributed by atoms with E-state index in [1.165, 1.54) is 12.1 Å². The highest BCUT2D eigenvalue weighted by Crippen LogP contribution is 2.20. The largest absolute Gasteiger partial charge is 0.328 e. The number of amides is 1. The molecular weight excluding hydrogens is 269 g/mol. The second-order valence-corrected chi connectivity index (χ2v) is 5.76. The number of rotatable bonds is 5. The maximum Gasteiger partial charge on any atom is 0.241 e. The first-order valence-electron chi connectivity index (χ1n) is 7.55. The molecule has 4 nitrogen and oxygen atoms in total. The van der Waals surface area contributed by atoms with Gasteiger partial charge in [0.2, 0.25) is 5.91 Å². The van der Waals surface area contributed by atoms with E-state index in [0.717, 1.165) is 25.2 Å². The van der Waals surface area contributed by atoms with Crippen LogP contribution in [0, 0.1) is 11.7 Å². The van der Waals surface area contributed by atoms with Crippen LogP contribution in [0.3, 0.4) is 0 Å². The molecule has 0 bridgehead atoms. The summed E-state index contributed by atoms with van der Waals surface area (Å²) in [6.07, 6.45) is 1.05. The number of anilines is 1. The predicted octanol–water partition coefficient (Wildman–Crippen LogP) is 1.85. The molecule has 1 heterocycles. The molecule has 1 fully saturated rings. The lowest BCUT2D eigenvalue weighted by molar-refractivity contribution is -0.119. The zero-order valence-electron chi connectivity index (χ0n) is 12.8. The average molecular weight is 293 g/mol. The van der Waals surface area contributed by atoms with E-state index in [-0.39, 0.29) is 17.8 Å². The fourth-order valence-electron chi connectivity index (χ4n) is 2.84. The lowest BCUT2D eigenvalue weighted by Gasteiger charge is -2.24. The maximum absolute atomic E-state index is 13.0. The molecule has 0 radical (unpaired) electrons. The van der Waals surface area contributed by atoms with Crippen molar-refractivity contribution in [2.45, 2.75) is 26.3 Å². The summed E-state index contributed by atoms with van der Waals surface area (Å²) in [5, 5.41) is 0. The number of hydrogen-bond acceptors (Lipinski definition) is 3. The van der Waals surface area contributed by atoms with Crippen molar-refractivity contribution in [1.82, 2.24) is 4.90 Å². The van der Waals surface area contributed by atoms with Crippen molar-refractivity contribution in [2.24, 2.45) is 11.7 Å². The second kappa shape index (κ2) is 7.00. The Morgan fingerprint density at radius 2 is 2.14 bits per heavy atom. The molecule has 2 atom stereocenters. The van der Waals surface area contributed by atoms with Crippen molar-refractivity contribution in [3.8, 4) is 0 Å². The number of benzene rings is 1. The SMILES string of the molecule is CCN(C(=O)CN1CCC(C(C)N)C1)c1ccc(F)cc1. The summed E-state index contributed by atoms with van der Waals surface area (Å²) in [5.41, 5.74) is 6.67. The monoisotopic (exact) mass is 293 g/mol. The van der Waals surface area contributed by atoms with Gasteiger partial charge < -0.3 is 10.6 Å². The summed E-state index contributed by atoms with van der Waals surface area (Å²) >= 11 is 0. The highest BCUT2D eigenvalue weighted by atomic mass is 19.1. The molecule has 1 amide bonds. The first kappa shape index (κ1) is 15.9. The van der Waals surface area contributed by atoms with Crippen LogP contribution in [0.4, 0.5) is 10.1 Å². The van der Waals surface area contributed by atoms with Gasteiger partial charge in [-0.2, -0.15) is 0 Å². The Balaban J connectivity index is 1.96. The van der Waals surface area contributed by atoms with Crippen molar-refractivity contribution in [1.29, 1.82) is 0 Å². The Kier molecular flexibility index (Phi) is 5.31. The van der Waals surface area contributed by atoms with Crippen molar-refractivity contribution >= 4 is 11.6 Å². The molecule has 21 heavy (non-hydrogen) atoms. The van der Waals surface area contributed by atoms with Gasteiger partial charge >= 0.3 is 0 Å². The van der Waals surface area contributed by atoms with Gasteiger partial charge in [-0.3, -0.25) is 9.69 Å². The number of carbonyl (C=O) groups is 1. The fourth-order valence-corrected chi connectivity index (χ4v) is 2.84. The summed E-state index contributed by atoms with van der Waals surface area (Å²) in [4.78, 5) is 16.3. The van der Waals surface area contributed by atoms with Crippen LogP contribution in [0.25, 0.3) is 0 Å². The van der Waals surface area contributed by atoms with Crippen LogP contribution in [0.1, 0.15) is 20.3 Å². The molecule has 1 aliphatic heterocycles. The quantitative estimate of drug-likeness (QED) is 0.901. The summed E-state index contributed by atoms with van der Waals surface area (Å²) in [6.45, 7) is 6.72. The van der Waals surface area contributed by atoms with Crippen molar-refractivity contribution < 1.29 is 9.18 Å².